The lowest BCUT2D eigenvalue weighted by atomic mass is 10.2. The molecule has 0 radical (unpaired) electrons. The van der Waals surface area contributed by atoms with Crippen molar-refractivity contribution in [1.82, 2.24) is 5.32 Å². The van der Waals surface area contributed by atoms with E-state index >= 15 is 0 Å². The third-order valence-corrected chi connectivity index (χ3v) is 2.78. The normalized spacial score (nSPS) is 22.5. The summed E-state index contributed by atoms with van der Waals surface area (Å²) in [7, 11) is 0. The molecule has 3 nitrogen and oxygen atoms in total. The maximum atomic E-state index is 9.65. The van der Waals surface area contributed by atoms with E-state index in [1.165, 1.54) is 0 Å². The molecule has 0 aliphatic carbocycles. The molecule has 0 bridgehead atoms. The second-order valence-corrected chi connectivity index (χ2v) is 4.22. The van der Waals surface area contributed by atoms with Crippen molar-refractivity contribution in [1.29, 1.82) is 0 Å². The van der Waals surface area contributed by atoms with Gasteiger partial charge in [0.1, 0.15) is 0 Å². The summed E-state index contributed by atoms with van der Waals surface area (Å²) in [6, 6.07) is 7.74. The summed E-state index contributed by atoms with van der Waals surface area (Å²) in [6.45, 7) is 3.12. The van der Waals surface area contributed by atoms with Crippen molar-refractivity contribution in [3.63, 3.8) is 0 Å². The maximum Gasteiger partial charge on any atom is 0.0839 e. The minimum atomic E-state index is -0.313. The molecule has 1 aliphatic heterocycles. The molecule has 0 amide bonds. The molecule has 4 heteroatoms. The highest BCUT2D eigenvalue weighted by molar-refractivity contribution is 6.30. The first kappa shape index (κ1) is 10.7. The summed E-state index contributed by atoms with van der Waals surface area (Å²) >= 11 is 5.94. The zero-order chi connectivity index (χ0) is 10.7. The third-order valence-electron chi connectivity index (χ3n) is 2.54. The van der Waals surface area contributed by atoms with Gasteiger partial charge < -0.3 is 15.3 Å². The maximum absolute atomic E-state index is 9.65. The standard InChI is InChI=1S/C11H15ClN2O/c12-9-2-1-3-10(6-9)14-5-4-13-7-11(15)8-14/h1-3,6,11,13,15H,4-5,7-8H2. The van der Waals surface area contributed by atoms with E-state index in [-0.39, 0.29) is 6.10 Å². The van der Waals surface area contributed by atoms with Gasteiger partial charge in [0.25, 0.3) is 0 Å². The Labute approximate surface area is 94.7 Å². The van der Waals surface area contributed by atoms with Gasteiger partial charge in [-0.3, -0.25) is 0 Å². The van der Waals surface area contributed by atoms with Crippen LogP contribution in [0.15, 0.2) is 24.3 Å². The summed E-state index contributed by atoms with van der Waals surface area (Å²) in [6.07, 6.45) is -0.313. The Hall–Kier alpha value is -0.770. The van der Waals surface area contributed by atoms with E-state index in [0.717, 1.165) is 23.8 Å². The number of anilines is 1. The van der Waals surface area contributed by atoms with Gasteiger partial charge in [-0.15, -0.1) is 0 Å². The van der Waals surface area contributed by atoms with Gasteiger partial charge in [0.05, 0.1) is 6.10 Å². The van der Waals surface area contributed by atoms with Crippen LogP contribution in [0.4, 0.5) is 5.69 Å². The Balaban J connectivity index is 2.14. The molecule has 0 spiro atoms. The molecular formula is C11H15ClN2O. The fourth-order valence-electron chi connectivity index (χ4n) is 1.80. The van der Waals surface area contributed by atoms with Gasteiger partial charge in [0.15, 0.2) is 0 Å². The predicted octanol–water partition coefficient (Wildman–Crippen LogP) is 1.11. The molecule has 1 aromatic carbocycles. The summed E-state index contributed by atoms with van der Waals surface area (Å²) in [5.41, 5.74) is 1.07. The molecule has 1 aromatic rings. The van der Waals surface area contributed by atoms with E-state index in [1.807, 2.05) is 24.3 Å². The first-order valence-electron chi connectivity index (χ1n) is 5.15. The van der Waals surface area contributed by atoms with Crippen LogP contribution in [0, 0.1) is 0 Å². The number of benzene rings is 1. The molecule has 1 atom stereocenters. The highest BCUT2D eigenvalue weighted by Gasteiger charge is 2.15. The average Bonchev–Trinajstić information content (AvgIpc) is 2.43. The zero-order valence-corrected chi connectivity index (χ0v) is 9.24. The monoisotopic (exact) mass is 226 g/mol. The fraction of sp³-hybridized carbons (Fsp3) is 0.455. The van der Waals surface area contributed by atoms with Gasteiger partial charge in [0, 0.05) is 36.9 Å². The van der Waals surface area contributed by atoms with Crippen LogP contribution in [0.5, 0.6) is 0 Å². The quantitative estimate of drug-likeness (QED) is 0.753. The van der Waals surface area contributed by atoms with E-state index in [9.17, 15) is 5.11 Å². The van der Waals surface area contributed by atoms with Crippen molar-refractivity contribution in [2.45, 2.75) is 6.10 Å². The van der Waals surface area contributed by atoms with E-state index < -0.39 is 0 Å². The van der Waals surface area contributed by atoms with Crippen LogP contribution in [0.25, 0.3) is 0 Å². The molecule has 15 heavy (non-hydrogen) atoms. The Bertz CT molecular complexity index is 332. The lowest BCUT2D eigenvalue weighted by molar-refractivity contribution is 0.185. The summed E-state index contributed by atoms with van der Waals surface area (Å²) in [4.78, 5) is 2.15. The molecule has 2 N–H and O–H groups in total. The molecule has 1 saturated heterocycles. The summed E-state index contributed by atoms with van der Waals surface area (Å²) in [5, 5.41) is 13.6. The summed E-state index contributed by atoms with van der Waals surface area (Å²) < 4.78 is 0. The lowest BCUT2D eigenvalue weighted by Crippen LogP contribution is -2.32. The van der Waals surface area contributed by atoms with Crippen LogP contribution >= 0.6 is 11.6 Å². The molecule has 1 fully saturated rings. The van der Waals surface area contributed by atoms with Crippen LogP contribution < -0.4 is 10.2 Å². The smallest absolute Gasteiger partial charge is 0.0839 e. The third kappa shape index (κ3) is 2.84. The molecule has 2 rings (SSSR count). The van der Waals surface area contributed by atoms with E-state index in [1.54, 1.807) is 0 Å². The van der Waals surface area contributed by atoms with Gasteiger partial charge in [-0.05, 0) is 18.2 Å². The fourth-order valence-corrected chi connectivity index (χ4v) is 1.98. The Morgan fingerprint density at radius 2 is 2.33 bits per heavy atom. The Kier molecular flexibility index (Phi) is 3.46. The topological polar surface area (TPSA) is 35.5 Å². The molecular weight excluding hydrogens is 212 g/mol. The Morgan fingerprint density at radius 3 is 3.13 bits per heavy atom. The second-order valence-electron chi connectivity index (χ2n) is 3.78. The highest BCUT2D eigenvalue weighted by Crippen LogP contribution is 2.19. The molecule has 0 saturated carbocycles. The SMILES string of the molecule is OC1CNCCN(c2cccc(Cl)c2)C1. The zero-order valence-electron chi connectivity index (χ0n) is 8.49. The number of hydrogen-bond acceptors (Lipinski definition) is 3. The van der Waals surface area contributed by atoms with Crippen molar-refractivity contribution in [3.05, 3.63) is 29.3 Å². The second kappa shape index (κ2) is 4.84. The van der Waals surface area contributed by atoms with Crippen LogP contribution in [0.1, 0.15) is 0 Å². The largest absolute Gasteiger partial charge is 0.390 e. The van der Waals surface area contributed by atoms with Crippen molar-refractivity contribution in [3.8, 4) is 0 Å². The van der Waals surface area contributed by atoms with Crippen molar-refractivity contribution in [2.24, 2.45) is 0 Å². The van der Waals surface area contributed by atoms with E-state index in [2.05, 4.69) is 10.2 Å². The van der Waals surface area contributed by atoms with Gasteiger partial charge >= 0.3 is 0 Å². The number of halogens is 1. The number of aliphatic hydroxyl groups is 1. The lowest BCUT2D eigenvalue weighted by Gasteiger charge is -2.24. The van der Waals surface area contributed by atoms with E-state index in [0.29, 0.717) is 13.1 Å². The number of nitrogens with one attached hydrogen (secondary N) is 1. The van der Waals surface area contributed by atoms with E-state index in [4.69, 9.17) is 11.6 Å². The number of rotatable bonds is 1. The minimum Gasteiger partial charge on any atom is -0.390 e. The van der Waals surface area contributed by atoms with Gasteiger partial charge in [-0.25, -0.2) is 0 Å². The number of nitrogens with zero attached hydrogens (tertiary/aromatic N) is 1. The van der Waals surface area contributed by atoms with Crippen LogP contribution in [-0.4, -0.2) is 37.4 Å². The summed E-state index contributed by atoms with van der Waals surface area (Å²) in [5.74, 6) is 0. The Morgan fingerprint density at radius 1 is 1.47 bits per heavy atom. The van der Waals surface area contributed by atoms with Crippen molar-refractivity contribution < 1.29 is 5.11 Å². The molecule has 0 aromatic heterocycles. The number of hydrogen-bond donors (Lipinski definition) is 2. The van der Waals surface area contributed by atoms with Crippen LogP contribution in [-0.2, 0) is 0 Å². The molecule has 1 unspecified atom stereocenters. The van der Waals surface area contributed by atoms with Crippen LogP contribution in [0.3, 0.4) is 0 Å². The number of aliphatic hydroxyl groups excluding tert-OH is 1. The molecule has 1 heterocycles. The van der Waals surface area contributed by atoms with Gasteiger partial charge in [-0.2, -0.15) is 0 Å². The molecule has 1 aliphatic rings. The average molecular weight is 227 g/mol. The predicted molar refractivity (Wildman–Crippen MR) is 62.5 cm³/mol. The van der Waals surface area contributed by atoms with Gasteiger partial charge in [-0.1, -0.05) is 17.7 Å². The van der Waals surface area contributed by atoms with Crippen molar-refractivity contribution in [2.75, 3.05) is 31.1 Å². The van der Waals surface area contributed by atoms with Crippen LogP contribution in [0.2, 0.25) is 5.02 Å². The van der Waals surface area contributed by atoms with Crippen molar-refractivity contribution >= 4 is 17.3 Å². The highest BCUT2D eigenvalue weighted by atomic mass is 35.5. The first-order valence-corrected chi connectivity index (χ1v) is 5.53. The first-order chi connectivity index (χ1) is 7.25. The minimum absolute atomic E-state index is 0.313. The number of β-amino-alcohol motifs (C(OH)–C–C–N with tert-alkyl or cyclic N) is 1. The van der Waals surface area contributed by atoms with Gasteiger partial charge in [0.2, 0.25) is 0 Å². The molecule has 82 valence electrons.